The van der Waals surface area contributed by atoms with Crippen LogP contribution in [0.3, 0.4) is 0 Å². The molecule has 2 unspecified atom stereocenters. The Morgan fingerprint density at radius 2 is 1.00 bits per heavy atom. The van der Waals surface area contributed by atoms with Gasteiger partial charge in [0.2, 0.25) is 0 Å². The van der Waals surface area contributed by atoms with E-state index in [9.17, 15) is 86.8 Å². The molecule has 31 heteroatoms. The van der Waals surface area contributed by atoms with Gasteiger partial charge in [-0.2, -0.15) is 0 Å². The number of fused-ring (bicyclic) bond motifs is 7. The molecule has 4 aliphatic carbocycles. The maximum Gasteiger partial charge on any atom is 0.187 e. The van der Waals surface area contributed by atoms with Crippen LogP contribution in [0, 0.1) is 46.3 Å². The highest BCUT2D eigenvalue weighted by atomic mass is 16.8. The first-order valence-electron chi connectivity index (χ1n) is 34.1. The monoisotopic (exact) mass is 1370 g/mol. The summed E-state index contributed by atoms with van der Waals surface area (Å²) in [6.07, 6.45) is -39.4. The van der Waals surface area contributed by atoms with Gasteiger partial charge < -0.3 is 153 Å². The van der Waals surface area contributed by atoms with E-state index in [1.54, 1.807) is 7.11 Å². The Morgan fingerprint density at radius 3 is 1.62 bits per heavy atom. The Bertz CT molecular complexity index is 2540. The molecule has 41 atom stereocenters. The van der Waals surface area contributed by atoms with Crippen LogP contribution in [0.1, 0.15) is 106 Å². The van der Waals surface area contributed by atoms with Crippen molar-refractivity contribution in [1.29, 1.82) is 0 Å². The van der Waals surface area contributed by atoms with E-state index in [1.807, 2.05) is 6.92 Å². The van der Waals surface area contributed by atoms with Crippen LogP contribution in [-0.4, -0.2) is 323 Å². The maximum absolute atomic E-state index is 12.5. The number of aliphatic hydroxyl groups excluding tert-OH is 17. The van der Waals surface area contributed by atoms with Crippen molar-refractivity contribution in [2.75, 3.05) is 33.5 Å². The van der Waals surface area contributed by atoms with Crippen molar-refractivity contribution in [3.8, 4) is 0 Å². The van der Waals surface area contributed by atoms with Crippen LogP contribution >= 0.6 is 0 Å². The third-order valence-electron chi connectivity index (χ3n) is 24.0. The van der Waals surface area contributed by atoms with Crippen LogP contribution in [0.5, 0.6) is 0 Å². The summed E-state index contributed by atoms with van der Waals surface area (Å²) in [5.41, 5.74) is 0.999. The fourth-order valence-electron chi connectivity index (χ4n) is 18.2. The lowest BCUT2D eigenvalue weighted by Gasteiger charge is -2.58. The molecule has 11 rings (SSSR count). The molecule has 7 saturated heterocycles. The van der Waals surface area contributed by atoms with Gasteiger partial charge in [0.15, 0.2) is 43.5 Å². The number of rotatable bonds is 20. The molecule has 0 amide bonds. The van der Waals surface area contributed by atoms with Gasteiger partial charge in [-0.3, -0.25) is 0 Å². The van der Waals surface area contributed by atoms with Gasteiger partial charge in [-0.15, -0.1) is 0 Å². The topological polar surface area (TPSA) is 473 Å². The molecular formula is C64H106O31. The van der Waals surface area contributed by atoms with Crippen molar-refractivity contribution in [3.05, 3.63) is 11.6 Å². The first kappa shape index (κ1) is 74.7. The quantitative estimate of drug-likeness (QED) is 0.0510. The molecule has 0 aromatic carbocycles. The molecule has 0 aromatic rings. The van der Waals surface area contributed by atoms with Crippen LogP contribution in [0.4, 0.5) is 0 Å². The Kier molecular flexibility index (Phi) is 23.3. The fraction of sp³-hybridized carbons (Fsp3) is 0.969. The van der Waals surface area contributed by atoms with E-state index in [0.29, 0.717) is 43.4 Å². The molecule has 0 spiro atoms. The van der Waals surface area contributed by atoms with E-state index < -0.39 is 216 Å². The molecule has 10 fully saturated rings. The highest BCUT2D eigenvalue weighted by Crippen LogP contribution is 2.70. The molecule has 11 aliphatic rings. The number of allylic oxidation sites excluding steroid dienone is 1. The second kappa shape index (κ2) is 29.7. The number of hydrogen-bond acceptors (Lipinski definition) is 31. The minimum atomic E-state index is -2.01. The highest BCUT2D eigenvalue weighted by Gasteiger charge is 2.69. The molecule has 7 heterocycles. The average molecular weight is 1370 g/mol. The lowest BCUT2D eigenvalue weighted by atomic mass is 9.47. The Labute approximate surface area is 551 Å². The van der Waals surface area contributed by atoms with Gasteiger partial charge in [0.25, 0.3) is 0 Å². The minimum absolute atomic E-state index is 0.0244. The molecule has 548 valence electrons. The summed E-state index contributed by atoms with van der Waals surface area (Å²) < 4.78 is 85.8. The lowest BCUT2D eigenvalue weighted by Crippen LogP contribution is -2.67. The zero-order chi connectivity index (χ0) is 68.8. The van der Waals surface area contributed by atoms with E-state index in [2.05, 4.69) is 26.8 Å². The summed E-state index contributed by atoms with van der Waals surface area (Å²) in [5.74, 6) is 0.530. The van der Waals surface area contributed by atoms with Crippen LogP contribution in [0.2, 0.25) is 0 Å². The zero-order valence-corrected chi connectivity index (χ0v) is 55.0. The summed E-state index contributed by atoms with van der Waals surface area (Å²) >= 11 is 0. The predicted molar refractivity (Wildman–Crippen MR) is 317 cm³/mol. The molecule has 17 N–H and O–H groups in total. The molecule has 95 heavy (non-hydrogen) atoms. The van der Waals surface area contributed by atoms with E-state index in [4.69, 9.17) is 66.3 Å². The predicted octanol–water partition coefficient (Wildman–Crippen LogP) is -4.65. The first-order chi connectivity index (χ1) is 44.9. The smallest absolute Gasteiger partial charge is 0.187 e. The minimum Gasteiger partial charge on any atom is -0.394 e. The standard InChI is InChI=1S/C64H106O31/c1-23(22-83-56-47(77)43(73)40(70)34(19-65)88-56)11-16-64(82-8)24(2)37-33(95-64)18-32-30-10-9-28-17-29(12-14-62(28,6)31(30)13-15-63(32,37)7)87-61-55(94-57-48(78)42(72)38(68)25(3)84-57)51(81)53(36(21-67)90-61)92-58-50(80)46(76)52(27(5)86-58)91-60-54(45(75)39(69)26(4)85-60)93-59-49(79)44(74)41(71)35(20-66)89-59/h9,23-27,29-61,65-81H,10-22H2,1-8H3/t23-,24+,25+,26+,27+,29?,30-,31+,32+,33+,34-,35-,36-,37+,38+,39+,40-,41-,42-,43+,44+,45-,46+,47-,48-,49-,50-,51+,52+,53-,54-,55-,56-,57+,58+,59+,60+,61-,62+,63+,64?/m1/s1. The van der Waals surface area contributed by atoms with E-state index in [1.165, 1.54) is 26.3 Å². The molecule has 0 radical (unpaired) electrons. The number of hydrogen-bond donors (Lipinski definition) is 17. The molecular weight excluding hydrogens is 1260 g/mol. The molecule has 31 nitrogen and oxygen atoms in total. The molecule has 7 aliphatic heterocycles. The Balaban J connectivity index is 0.742. The first-order valence-corrected chi connectivity index (χ1v) is 34.1. The van der Waals surface area contributed by atoms with Crippen molar-refractivity contribution < 1.29 is 153 Å². The van der Waals surface area contributed by atoms with Gasteiger partial charge in [0.05, 0.1) is 56.9 Å². The van der Waals surface area contributed by atoms with Crippen molar-refractivity contribution in [3.63, 3.8) is 0 Å². The average Bonchev–Trinajstić information content (AvgIpc) is 1.56. The highest BCUT2D eigenvalue weighted by molar-refractivity contribution is 5.26. The molecule has 0 aromatic heterocycles. The summed E-state index contributed by atoms with van der Waals surface area (Å²) in [6.45, 7) is 11.3. The van der Waals surface area contributed by atoms with Crippen LogP contribution < -0.4 is 0 Å². The fourth-order valence-corrected chi connectivity index (χ4v) is 18.2. The van der Waals surface area contributed by atoms with Crippen molar-refractivity contribution in [2.45, 2.75) is 308 Å². The summed E-state index contributed by atoms with van der Waals surface area (Å²) in [4.78, 5) is 0. The summed E-state index contributed by atoms with van der Waals surface area (Å²) in [6, 6.07) is 0. The third-order valence-corrected chi connectivity index (χ3v) is 24.0. The molecule has 3 saturated carbocycles. The summed E-state index contributed by atoms with van der Waals surface area (Å²) in [5, 5.41) is 184. The van der Waals surface area contributed by atoms with Crippen LogP contribution in [0.25, 0.3) is 0 Å². The lowest BCUT2D eigenvalue weighted by molar-refractivity contribution is -0.399. The van der Waals surface area contributed by atoms with Gasteiger partial charge >= 0.3 is 0 Å². The second-order valence-electron chi connectivity index (χ2n) is 29.6. The number of aliphatic hydroxyl groups is 17. The van der Waals surface area contributed by atoms with Crippen LogP contribution in [-0.2, 0) is 66.3 Å². The van der Waals surface area contributed by atoms with E-state index in [-0.39, 0.29) is 41.3 Å². The number of ether oxygens (including phenoxy) is 14. The van der Waals surface area contributed by atoms with E-state index >= 15 is 0 Å². The van der Waals surface area contributed by atoms with Crippen molar-refractivity contribution in [2.24, 2.45) is 46.3 Å². The Hall–Kier alpha value is -1.50. The summed E-state index contributed by atoms with van der Waals surface area (Å²) in [7, 11) is 1.70. The van der Waals surface area contributed by atoms with Crippen LogP contribution in [0.15, 0.2) is 11.6 Å². The van der Waals surface area contributed by atoms with Gasteiger partial charge in [-0.05, 0) is 113 Å². The second-order valence-corrected chi connectivity index (χ2v) is 29.6. The third kappa shape index (κ3) is 13.8. The van der Waals surface area contributed by atoms with Gasteiger partial charge in [0.1, 0.15) is 128 Å². The zero-order valence-electron chi connectivity index (χ0n) is 55.0. The van der Waals surface area contributed by atoms with Crippen molar-refractivity contribution >= 4 is 0 Å². The largest absolute Gasteiger partial charge is 0.394 e. The Morgan fingerprint density at radius 1 is 0.505 bits per heavy atom. The number of methoxy groups -OCH3 is 1. The maximum atomic E-state index is 12.5. The van der Waals surface area contributed by atoms with E-state index in [0.717, 1.165) is 32.1 Å². The van der Waals surface area contributed by atoms with Gasteiger partial charge in [-0.1, -0.05) is 39.3 Å². The SMILES string of the molecule is COC1(CC[C@@H](C)CO[C@@H]2O[C@H](CO)[C@@H](O)[C@H](O)[C@H]2O)O[C@H]2C[C@H]3[C@@H]4CC=C5CC(O[C@@H]6O[C@H](CO)[C@@H](O[C@@H]7O[C@@H](C)[C@H](O[C@@H]8O[C@@H](C)[C@H](O)[C@@H](O)[C@H]8O[C@@H]8O[C@H](CO)[C@@H](O)[C@H](O)[C@H]8O)[C@@H](O)[C@H]7O)[C@H](O)[C@H]6O[C@@H]6O[C@@H](C)[C@H](O)[C@@H](O)[C@H]6O)CC[C@]5(C)[C@H]4CC[C@]3(C)[C@H]2[C@@H]1C. The van der Waals surface area contributed by atoms with Crippen molar-refractivity contribution in [1.82, 2.24) is 0 Å². The van der Waals surface area contributed by atoms with Gasteiger partial charge in [-0.25, -0.2) is 0 Å². The normalized spacial score (nSPS) is 55.2. The molecule has 0 bridgehead atoms. The van der Waals surface area contributed by atoms with Gasteiger partial charge in [0, 0.05) is 19.4 Å².